The van der Waals surface area contributed by atoms with E-state index < -0.39 is 31.0 Å². The minimum Gasteiger partial charge on any atom is -0.394 e. The summed E-state index contributed by atoms with van der Waals surface area (Å²) in [6.07, 6.45) is -4.36. The number of hydrogen-bond acceptors (Lipinski definition) is 5. The fraction of sp³-hybridized carbons (Fsp3) is 1.00. The first-order valence-electron chi connectivity index (χ1n) is 4.36. The van der Waals surface area contributed by atoms with Gasteiger partial charge in [-0.3, -0.25) is 0 Å². The van der Waals surface area contributed by atoms with Crippen molar-refractivity contribution in [2.75, 3.05) is 6.61 Å². The Kier molecular flexibility index (Phi) is 6.19. The first-order valence-corrected chi connectivity index (χ1v) is 4.36. The van der Waals surface area contributed by atoms with Gasteiger partial charge >= 0.3 is 0 Å². The minimum absolute atomic E-state index is 0.144. The van der Waals surface area contributed by atoms with Gasteiger partial charge in [-0.25, -0.2) is 0 Å². The Morgan fingerprint density at radius 1 is 1.00 bits per heavy atom. The van der Waals surface area contributed by atoms with E-state index in [1.54, 1.807) is 6.92 Å². The fourth-order valence-electron chi connectivity index (χ4n) is 0.991. The molecule has 0 bridgehead atoms. The van der Waals surface area contributed by atoms with Crippen molar-refractivity contribution in [2.45, 2.75) is 44.2 Å². The van der Waals surface area contributed by atoms with Gasteiger partial charge in [0.2, 0.25) is 0 Å². The summed E-state index contributed by atoms with van der Waals surface area (Å²) >= 11 is 0. The Hall–Kier alpha value is -0.200. The average molecular weight is 194 g/mol. The Labute approximate surface area is 77.3 Å². The molecule has 0 saturated heterocycles. The second-order valence-corrected chi connectivity index (χ2v) is 3.11. The highest BCUT2D eigenvalue weighted by Gasteiger charge is 2.24. The zero-order chi connectivity index (χ0) is 10.4. The van der Waals surface area contributed by atoms with E-state index in [2.05, 4.69) is 0 Å². The normalized spacial score (nSPS) is 20.8. The Balaban J connectivity index is 3.87. The van der Waals surface area contributed by atoms with Gasteiger partial charge in [-0.2, -0.15) is 0 Å². The minimum atomic E-state index is -1.27. The molecule has 0 spiro atoms. The van der Waals surface area contributed by atoms with E-state index in [0.29, 0.717) is 6.42 Å². The van der Waals surface area contributed by atoms with E-state index in [0.717, 1.165) is 0 Å². The van der Waals surface area contributed by atoms with Crippen molar-refractivity contribution in [3.8, 4) is 0 Å². The van der Waals surface area contributed by atoms with Crippen molar-refractivity contribution in [2.24, 2.45) is 0 Å². The molecule has 0 aliphatic heterocycles. The largest absolute Gasteiger partial charge is 0.394 e. The van der Waals surface area contributed by atoms with Crippen LogP contribution in [0.5, 0.6) is 0 Å². The molecule has 0 amide bonds. The van der Waals surface area contributed by atoms with Gasteiger partial charge in [0.25, 0.3) is 0 Å². The van der Waals surface area contributed by atoms with E-state index in [1.165, 1.54) is 0 Å². The second-order valence-electron chi connectivity index (χ2n) is 3.11. The summed E-state index contributed by atoms with van der Waals surface area (Å²) < 4.78 is 0. The molecule has 0 saturated carbocycles. The molecule has 13 heavy (non-hydrogen) atoms. The molecule has 0 aromatic heterocycles. The van der Waals surface area contributed by atoms with Crippen LogP contribution in [-0.2, 0) is 0 Å². The molecule has 4 unspecified atom stereocenters. The number of rotatable bonds is 6. The quantitative estimate of drug-likeness (QED) is 0.344. The van der Waals surface area contributed by atoms with Crippen LogP contribution in [0.4, 0.5) is 0 Å². The van der Waals surface area contributed by atoms with Crippen LogP contribution in [0.3, 0.4) is 0 Å². The van der Waals surface area contributed by atoms with Crippen molar-refractivity contribution in [3.63, 3.8) is 0 Å². The molecule has 4 atom stereocenters. The summed E-state index contributed by atoms with van der Waals surface area (Å²) in [5, 5.41) is 45.0. The second kappa shape index (κ2) is 6.28. The van der Waals surface area contributed by atoms with Crippen molar-refractivity contribution < 1.29 is 25.5 Å². The molecule has 0 heterocycles. The van der Waals surface area contributed by atoms with Crippen LogP contribution in [0, 0.1) is 0 Å². The Morgan fingerprint density at radius 2 is 1.54 bits per heavy atom. The zero-order valence-corrected chi connectivity index (χ0v) is 7.67. The van der Waals surface area contributed by atoms with Crippen LogP contribution in [-0.4, -0.2) is 56.6 Å². The average Bonchev–Trinajstić information content (AvgIpc) is 2.14. The predicted molar refractivity (Wildman–Crippen MR) is 46.0 cm³/mol. The van der Waals surface area contributed by atoms with E-state index in [9.17, 15) is 10.2 Å². The van der Waals surface area contributed by atoms with Crippen LogP contribution in [0.15, 0.2) is 0 Å². The molecule has 0 radical (unpaired) electrons. The van der Waals surface area contributed by atoms with Crippen LogP contribution in [0.2, 0.25) is 0 Å². The highest BCUT2D eigenvalue weighted by molar-refractivity contribution is 4.76. The summed E-state index contributed by atoms with van der Waals surface area (Å²) in [4.78, 5) is 0. The first-order chi connectivity index (χ1) is 6.02. The van der Waals surface area contributed by atoms with Crippen LogP contribution in [0.1, 0.15) is 19.8 Å². The SMILES string of the molecule is CCC(O)C(O)C(O)CC(O)CO. The van der Waals surface area contributed by atoms with Crippen LogP contribution in [0.25, 0.3) is 0 Å². The van der Waals surface area contributed by atoms with Crippen molar-refractivity contribution in [3.05, 3.63) is 0 Å². The predicted octanol–water partition coefficient (Wildman–Crippen LogP) is -1.78. The van der Waals surface area contributed by atoms with Gasteiger partial charge in [-0.05, 0) is 6.42 Å². The molecule has 0 rings (SSSR count). The first kappa shape index (κ1) is 12.8. The van der Waals surface area contributed by atoms with Gasteiger partial charge in [0.1, 0.15) is 6.10 Å². The lowest BCUT2D eigenvalue weighted by Gasteiger charge is -2.23. The lowest BCUT2D eigenvalue weighted by molar-refractivity contribution is -0.0781. The molecule has 0 aliphatic rings. The topological polar surface area (TPSA) is 101 Å². The van der Waals surface area contributed by atoms with Gasteiger partial charge < -0.3 is 25.5 Å². The van der Waals surface area contributed by atoms with E-state index in [-0.39, 0.29) is 6.42 Å². The summed E-state index contributed by atoms with van der Waals surface area (Å²) in [5.74, 6) is 0. The van der Waals surface area contributed by atoms with Crippen LogP contribution < -0.4 is 0 Å². The summed E-state index contributed by atoms with van der Waals surface area (Å²) in [7, 11) is 0. The van der Waals surface area contributed by atoms with Gasteiger partial charge in [-0.15, -0.1) is 0 Å². The number of aliphatic hydroxyl groups is 5. The number of hydrogen-bond donors (Lipinski definition) is 5. The standard InChI is InChI=1S/C8H18O5/c1-2-6(11)8(13)7(12)3-5(10)4-9/h5-13H,2-4H2,1H3. The Morgan fingerprint density at radius 3 is 1.92 bits per heavy atom. The van der Waals surface area contributed by atoms with Gasteiger partial charge in [0.15, 0.2) is 0 Å². The third-order valence-corrected chi connectivity index (χ3v) is 1.93. The summed E-state index contributed by atoms with van der Waals surface area (Å²) in [6.45, 7) is 1.20. The third-order valence-electron chi connectivity index (χ3n) is 1.93. The lowest BCUT2D eigenvalue weighted by atomic mass is 10.0. The van der Waals surface area contributed by atoms with Gasteiger partial charge in [0, 0.05) is 6.42 Å². The smallest absolute Gasteiger partial charge is 0.106 e. The third kappa shape index (κ3) is 4.54. The molecule has 80 valence electrons. The molecular formula is C8H18O5. The molecule has 0 fully saturated rings. The van der Waals surface area contributed by atoms with Crippen LogP contribution >= 0.6 is 0 Å². The maximum atomic E-state index is 9.24. The van der Waals surface area contributed by atoms with Crippen molar-refractivity contribution in [1.29, 1.82) is 0 Å². The van der Waals surface area contributed by atoms with E-state index >= 15 is 0 Å². The summed E-state index contributed by atoms with van der Waals surface area (Å²) in [6, 6.07) is 0. The molecule has 0 aromatic rings. The molecule has 0 aliphatic carbocycles. The molecular weight excluding hydrogens is 176 g/mol. The highest BCUT2D eigenvalue weighted by atomic mass is 16.4. The zero-order valence-electron chi connectivity index (χ0n) is 7.67. The fourth-order valence-corrected chi connectivity index (χ4v) is 0.991. The van der Waals surface area contributed by atoms with E-state index in [1.807, 2.05) is 0 Å². The van der Waals surface area contributed by atoms with Gasteiger partial charge in [-0.1, -0.05) is 6.92 Å². The number of aliphatic hydroxyl groups excluding tert-OH is 5. The van der Waals surface area contributed by atoms with Gasteiger partial charge in [0.05, 0.1) is 24.9 Å². The molecule has 5 heteroatoms. The monoisotopic (exact) mass is 194 g/mol. The lowest BCUT2D eigenvalue weighted by Crippen LogP contribution is -2.39. The molecule has 5 nitrogen and oxygen atoms in total. The Bertz CT molecular complexity index is 130. The summed E-state index contributed by atoms with van der Waals surface area (Å²) in [5.41, 5.74) is 0. The molecule has 0 aromatic carbocycles. The van der Waals surface area contributed by atoms with E-state index in [4.69, 9.17) is 15.3 Å². The maximum Gasteiger partial charge on any atom is 0.106 e. The molecule has 5 N–H and O–H groups in total. The van der Waals surface area contributed by atoms with Crippen molar-refractivity contribution >= 4 is 0 Å². The highest BCUT2D eigenvalue weighted by Crippen LogP contribution is 2.08. The maximum absolute atomic E-state index is 9.24. The van der Waals surface area contributed by atoms with Crippen molar-refractivity contribution in [1.82, 2.24) is 0 Å².